The lowest BCUT2D eigenvalue weighted by Gasteiger charge is -2.33. The summed E-state index contributed by atoms with van der Waals surface area (Å²) >= 11 is 0. The van der Waals surface area contributed by atoms with Gasteiger partial charge in [0.1, 0.15) is 12.1 Å². The molecule has 0 N–H and O–H groups in total. The first-order valence-electron chi connectivity index (χ1n) is 17.1. The zero-order valence-corrected chi connectivity index (χ0v) is 28.3. The Bertz CT molecular complexity index is 1790. The monoisotopic (exact) mass is 700 g/mol. The molecule has 12 nitrogen and oxygen atoms in total. The zero-order chi connectivity index (χ0) is 36.2. The van der Waals surface area contributed by atoms with Gasteiger partial charge in [0.25, 0.3) is 35.4 Å². The molecule has 1 saturated heterocycles. The number of carbonyl (C=O) groups is 6. The summed E-state index contributed by atoms with van der Waals surface area (Å²) in [5, 5.41) is 0. The minimum absolute atomic E-state index is 0.0952. The Labute approximate surface area is 300 Å². The Morgan fingerprint density at radius 3 is 0.981 bits per heavy atom. The third kappa shape index (κ3) is 6.49. The number of benzene rings is 4. The third-order valence-electron chi connectivity index (χ3n) is 9.51. The van der Waals surface area contributed by atoms with Crippen LogP contribution in [0.5, 0.6) is 0 Å². The SMILES string of the molecule is O=C([C@H](c1ccccc1)N1C(=O)c2ccccc2C1=O)N1CCOCCN(C(=O)[C@H](c2ccccc2)N2C(=O)c3ccccc3C2=O)CCOCC1. The van der Waals surface area contributed by atoms with Crippen molar-refractivity contribution in [2.24, 2.45) is 0 Å². The molecule has 0 radical (unpaired) electrons. The highest BCUT2D eigenvalue weighted by atomic mass is 16.5. The van der Waals surface area contributed by atoms with E-state index in [0.717, 1.165) is 9.80 Å². The van der Waals surface area contributed by atoms with Gasteiger partial charge >= 0.3 is 0 Å². The topological polar surface area (TPSA) is 134 Å². The van der Waals surface area contributed by atoms with E-state index in [1.807, 2.05) is 0 Å². The van der Waals surface area contributed by atoms with Gasteiger partial charge < -0.3 is 19.3 Å². The molecule has 1 fully saturated rings. The van der Waals surface area contributed by atoms with Crippen molar-refractivity contribution in [2.45, 2.75) is 12.1 Å². The van der Waals surface area contributed by atoms with E-state index >= 15 is 0 Å². The van der Waals surface area contributed by atoms with Gasteiger partial charge in [-0.25, -0.2) is 0 Å². The van der Waals surface area contributed by atoms with E-state index in [9.17, 15) is 28.8 Å². The quantitative estimate of drug-likeness (QED) is 0.278. The lowest BCUT2D eigenvalue weighted by atomic mass is 10.0. The summed E-state index contributed by atoms with van der Waals surface area (Å²) in [6, 6.07) is 28.1. The first-order chi connectivity index (χ1) is 25.4. The number of imide groups is 2. The first-order valence-corrected chi connectivity index (χ1v) is 17.1. The van der Waals surface area contributed by atoms with Crippen molar-refractivity contribution in [1.29, 1.82) is 0 Å². The molecule has 7 rings (SSSR count). The van der Waals surface area contributed by atoms with Gasteiger partial charge in [-0.1, -0.05) is 84.9 Å². The summed E-state index contributed by atoms with van der Waals surface area (Å²) < 4.78 is 11.9. The summed E-state index contributed by atoms with van der Waals surface area (Å²) in [4.78, 5) is 87.9. The molecule has 4 aromatic carbocycles. The van der Waals surface area contributed by atoms with Crippen LogP contribution in [-0.2, 0) is 19.1 Å². The van der Waals surface area contributed by atoms with E-state index in [1.165, 1.54) is 9.80 Å². The molecule has 52 heavy (non-hydrogen) atoms. The molecule has 3 heterocycles. The molecule has 4 aromatic rings. The van der Waals surface area contributed by atoms with Crippen molar-refractivity contribution in [3.05, 3.63) is 143 Å². The fourth-order valence-corrected chi connectivity index (χ4v) is 6.87. The molecule has 3 aliphatic rings. The van der Waals surface area contributed by atoms with Gasteiger partial charge in [-0.2, -0.15) is 0 Å². The molecular weight excluding hydrogens is 664 g/mol. The van der Waals surface area contributed by atoms with Crippen LogP contribution in [0.15, 0.2) is 109 Å². The predicted octanol–water partition coefficient (Wildman–Crippen LogP) is 3.77. The Hall–Kier alpha value is -5.98. The molecule has 0 saturated carbocycles. The van der Waals surface area contributed by atoms with Crippen LogP contribution in [0.1, 0.15) is 64.6 Å². The molecule has 0 aromatic heterocycles. The number of carbonyl (C=O) groups excluding carboxylic acids is 6. The maximum absolute atomic E-state index is 14.3. The molecule has 0 unspecified atom stereocenters. The maximum atomic E-state index is 14.3. The molecule has 264 valence electrons. The number of hydrogen-bond acceptors (Lipinski definition) is 8. The Balaban J connectivity index is 1.07. The van der Waals surface area contributed by atoms with Crippen LogP contribution in [0, 0.1) is 0 Å². The van der Waals surface area contributed by atoms with E-state index in [4.69, 9.17) is 9.47 Å². The van der Waals surface area contributed by atoms with E-state index in [1.54, 1.807) is 109 Å². The van der Waals surface area contributed by atoms with Crippen LogP contribution >= 0.6 is 0 Å². The number of nitrogens with zero attached hydrogens (tertiary/aromatic N) is 4. The van der Waals surface area contributed by atoms with Gasteiger partial charge in [-0.15, -0.1) is 0 Å². The maximum Gasteiger partial charge on any atom is 0.262 e. The highest BCUT2D eigenvalue weighted by Crippen LogP contribution is 2.34. The summed E-state index contributed by atoms with van der Waals surface area (Å²) in [6.07, 6.45) is 0. The molecule has 2 atom stereocenters. The minimum atomic E-state index is -1.20. The number of rotatable bonds is 6. The van der Waals surface area contributed by atoms with Crippen LogP contribution in [-0.4, -0.2) is 108 Å². The number of hydrogen-bond donors (Lipinski definition) is 0. The van der Waals surface area contributed by atoms with Crippen LogP contribution < -0.4 is 0 Å². The highest BCUT2D eigenvalue weighted by molar-refractivity contribution is 6.23. The summed E-state index contributed by atoms with van der Waals surface area (Å²) in [5.74, 6) is -3.05. The van der Waals surface area contributed by atoms with E-state index in [0.29, 0.717) is 11.1 Å². The molecule has 0 aliphatic carbocycles. The van der Waals surface area contributed by atoms with Gasteiger partial charge in [-0.05, 0) is 35.4 Å². The number of amides is 6. The van der Waals surface area contributed by atoms with Gasteiger partial charge in [0.05, 0.1) is 48.7 Å². The van der Waals surface area contributed by atoms with Crippen molar-refractivity contribution in [2.75, 3.05) is 52.6 Å². The average molecular weight is 701 g/mol. The molecule has 0 spiro atoms. The van der Waals surface area contributed by atoms with Crippen molar-refractivity contribution < 1.29 is 38.2 Å². The fraction of sp³-hybridized carbons (Fsp3) is 0.250. The highest BCUT2D eigenvalue weighted by Gasteiger charge is 2.46. The van der Waals surface area contributed by atoms with Gasteiger partial charge in [0.15, 0.2) is 0 Å². The second kappa shape index (κ2) is 15.1. The van der Waals surface area contributed by atoms with Crippen molar-refractivity contribution in [1.82, 2.24) is 19.6 Å². The molecule has 12 heteroatoms. The Morgan fingerprint density at radius 2 is 0.692 bits per heavy atom. The lowest BCUT2D eigenvalue weighted by molar-refractivity contribution is -0.139. The van der Waals surface area contributed by atoms with E-state index in [-0.39, 0.29) is 74.9 Å². The predicted molar refractivity (Wildman–Crippen MR) is 187 cm³/mol. The van der Waals surface area contributed by atoms with Crippen LogP contribution in [0.25, 0.3) is 0 Å². The normalized spacial score (nSPS) is 18.0. The Kier molecular flexibility index (Phi) is 10.0. The second-order valence-electron chi connectivity index (χ2n) is 12.6. The Morgan fingerprint density at radius 1 is 0.423 bits per heavy atom. The van der Waals surface area contributed by atoms with Gasteiger partial charge in [0, 0.05) is 26.2 Å². The van der Waals surface area contributed by atoms with Crippen molar-refractivity contribution in [3.63, 3.8) is 0 Å². The standard InChI is InChI=1S/C40H36N4O8/c45-35-29-15-7-8-16-30(29)36(46)43(35)33(27-11-3-1-4-12-27)39(49)41-19-23-51-25-21-42(22-26-52-24-20-41)40(50)34(28-13-5-2-6-14-28)44-37(47)31-17-9-10-18-32(31)38(44)48/h1-18,33-34H,19-26H2/t33-,34-/m0/s1. The fourth-order valence-electron chi connectivity index (χ4n) is 6.87. The second-order valence-corrected chi connectivity index (χ2v) is 12.6. The van der Waals surface area contributed by atoms with Crippen LogP contribution in [0.3, 0.4) is 0 Å². The third-order valence-corrected chi connectivity index (χ3v) is 9.51. The molecular formula is C40H36N4O8. The largest absolute Gasteiger partial charge is 0.378 e. The van der Waals surface area contributed by atoms with Gasteiger partial charge in [0.2, 0.25) is 0 Å². The van der Waals surface area contributed by atoms with Crippen LogP contribution in [0.4, 0.5) is 0 Å². The minimum Gasteiger partial charge on any atom is -0.378 e. The number of fused-ring (bicyclic) bond motifs is 2. The summed E-state index contributed by atoms with van der Waals surface area (Å²) in [6.45, 7) is 0.898. The molecule has 6 amide bonds. The summed E-state index contributed by atoms with van der Waals surface area (Å²) in [7, 11) is 0. The van der Waals surface area contributed by atoms with E-state index < -0.39 is 47.5 Å². The zero-order valence-electron chi connectivity index (χ0n) is 28.3. The van der Waals surface area contributed by atoms with E-state index in [2.05, 4.69) is 0 Å². The smallest absolute Gasteiger partial charge is 0.262 e. The molecule has 0 bridgehead atoms. The van der Waals surface area contributed by atoms with Crippen molar-refractivity contribution >= 4 is 35.4 Å². The first kappa shape index (κ1) is 34.5. The van der Waals surface area contributed by atoms with Gasteiger partial charge in [-0.3, -0.25) is 38.6 Å². The number of ether oxygens (including phenoxy) is 2. The van der Waals surface area contributed by atoms with Crippen molar-refractivity contribution in [3.8, 4) is 0 Å². The average Bonchev–Trinajstić information content (AvgIpc) is 3.57. The summed E-state index contributed by atoms with van der Waals surface area (Å²) in [5.41, 5.74) is 1.98. The van der Waals surface area contributed by atoms with Crippen LogP contribution in [0.2, 0.25) is 0 Å². The molecule has 3 aliphatic heterocycles. The lowest BCUT2D eigenvalue weighted by Crippen LogP contribution is -2.49.